The molecule has 33 heavy (non-hydrogen) atoms. The highest BCUT2D eigenvalue weighted by Crippen LogP contribution is 2.29. The Kier molecular flexibility index (Phi) is 9.78. The molecule has 0 heterocycles. The standard InChI is InChI=1S/C22H26N2O9/c25-16-6-1-4-14(19(16)28)21(30)24-9-3-8-18(27)32-12-10-23-11-13-33-22(31)15-5-2-7-17(26)20(15)29/h1-2,4-7,23,25-26,28-29H,3,8-13H2,(H,24,30). The quantitative estimate of drug-likeness (QED) is 0.152. The highest BCUT2D eigenvalue weighted by molar-refractivity contribution is 5.97. The summed E-state index contributed by atoms with van der Waals surface area (Å²) >= 11 is 0. The van der Waals surface area contributed by atoms with Gasteiger partial charge in [0.25, 0.3) is 5.91 Å². The molecule has 0 aliphatic rings. The van der Waals surface area contributed by atoms with E-state index in [1.807, 2.05) is 0 Å². The molecule has 2 aromatic rings. The molecule has 0 fully saturated rings. The molecule has 0 atom stereocenters. The smallest absolute Gasteiger partial charge is 0.342 e. The largest absolute Gasteiger partial charge is 0.504 e. The van der Waals surface area contributed by atoms with E-state index in [0.717, 1.165) is 0 Å². The van der Waals surface area contributed by atoms with Crippen molar-refractivity contribution in [3.63, 3.8) is 0 Å². The van der Waals surface area contributed by atoms with E-state index in [1.54, 1.807) is 0 Å². The fraction of sp³-hybridized carbons (Fsp3) is 0.318. The molecule has 2 aromatic carbocycles. The number of carbonyl (C=O) groups is 3. The summed E-state index contributed by atoms with van der Waals surface area (Å²) in [6.07, 6.45) is 0.409. The minimum Gasteiger partial charge on any atom is -0.504 e. The van der Waals surface area contributed by atoms with Gasteiger partial charge in [0.15, 0.2) is 23.0 Å². The van der Waals surface area contributed by atoms with Crippen LogP contribution in [0.3, 0.4) is 0 Å². The van der Waals surface area contributed by atoms with Crippen molar-refractivity contribution >= 4 is 17.8 Å². The highest BCUT2D eigenvalue weighted by Gasteiger charge is 2.15. The van der Waals surface area contributed by atoms with Crippen LogP contribution in [0.1, 0.15) is 33.6 Å². The van der Waals surface area contributed by atoms with Gasteiger partial charge in [0.05, 0.1) is 5.56 Å². The fourth-order valence-electron chi connectivity index (χ4n) is 2.67. The third-order valence-electron chi connectivity index (χ3n) is 4.39. The number of nitrogens with one attached hydrogen (secondary N) is 2. The Balaban J connectivity index is 1.51. The van der Waals surface area contributed by atoms with E-state index >= 15 is 0 Å². The number of aromatic hydroxyl groups is 4. The second-order valence-corrected chi connectivity index (χ2v) is 6.81. The van der Waals surface area contributed by atoms with Crippen LogP contribution < -0.4 is 10.6 Å². The number of para-hydroxylation sites is 2. The second-order valence-electron chi connectivity index (χ2n) is 6.81. The summed E-state index contributed by atoms with van der Waals surface area (Å²) in [6.45, 7) is 0.909. The van der Waals surface area contributed by atoms with Gasteiger partial charge in [-0.3, -0.25) is 9.59 Å². The Morgan fingerprint density at radius 3 is 2.00 bits per heavy atom. The molecule has 0 aliphatic carbocycles. The molecule has 11 nitrogen and oxygen atoms in total. The van der Waals surface area contributed by atoms with Gasteiger partial charge in [-0.05, 0) is 30.7 Å². The number of phenolic OH excluding ortho intramolecular Hbond substituents is 4. The second kappa shape index (κ2) is 12.8. The number of ether oxygens (including phenoxy) is 2. The molecule has 6 N–H and O–H groups in total. The van der Waals surface area contributed by atoms with Crippen molar-refractivity contribution in [2.75, 3.05) is 32.8 Å². The van der Waals surface area contributed by atoms with Gasteiger partial charge in [-0.25, -0.2) is 4.79 Å². The number of hydrogen-bond acceptors (Lipinski definition) is 10. The highest BCUT2D eigenvalue weighted by atomic mass is 16.5. The maximum absolute atomic E-state index is 12.0. The fourth-order valence-corrected chi connectivity index (χ4v) is 2.67. The molecular weight excluding hydrogens is 436 g/mol. The van der Waals surface area contributed by atoms with Crippen molar-refractivity contribution in [1.82, 2.24) is 10.6 Å². The van der Waals surface area contributed by atoms with Gasteiger partial charge in [-0.2, -0.15) is 0 Å². The molecular formula is C22H26N2O9. The van der Waals surface area contributed by atoms with Crippen molar-refractivity contribution in [3.05, 3.63) is 47.5 Å². The summed E-state index contributed by atoms with van der Waals surface area (Å²) in [4.78, 5) is 35.5. The van der Waals surface area contributed by atoms with Crippen LogP contribution in [0.15, 0.2) is 36.4 Å². The first kappa shape index (κ1) is 25.3. The van der Waals surface area contributed by atoms with Crippen molar-refractivity contribution < 1.29 is 44.3 Å². The first-order valence-corrected chi connectivity index (χ1v) is 10.1. The van der Waals surface area contributed by atoms with E-state index in [4.69, 9.17) is 9.47 Å². The topological polar surface area (TPSA) is 175 Å². The molecule has 0 aliphatic heterocycles. The first-order chi connectivity index (χ1) is 15.8. The van der Waals surface area contributed by atoms with Crippen molar-refractivity contribution in [3.8, 4) is 23.0 Å². The maximum atomic E-state index is 12.0. The van der Waals surface area contributed by atoms with Crippen LogP contribution in [0.5, 0.6) is 23.0 Å². The van der Waals surface area contributed by atoms with Crippen LogP contribution in [0.4, 0.5) is 0 Å². The minimum atomic E-state index is -0.775. The zero-order valence-electron chi connectivity index (χ0n) is 17.7. The van der Waals surface area contributed by atoms with Crippen molar-refractivity contribution in [2.45, 2.75) is 12.8 Å². The average molecular weight is 462 g/mol. The lowest BCUT2D eigenvalue weighted by molar-refractivity contribution is -0.143. The molecule has 178 valence electrons. The summed E-state index contributed by atoms with van der Waals surface area (Å²) in [5.74, 6) is -3.65. The van der Waals surface area contributed by atoms with Gasteiger partial charge in [0, 0.05) is 26.1 Å². The lowest BCUT2D eigenvalue weighted by Crippen LogP contribution is -2.27. The Labute approximate surface area is 189 Å². The van der Waals surface area contributed by atoms with Crippen LogP contribution in [-0.4, -0.2) is 71.1 Å². The van der Waals surface area contributed by atoms with Gasteiger partial charge >= 0.3 is 11.9 Å². The molecule has 0 aromatic heterocycles. The summed E-state index contributed by atoms with van der Waals surface area (Å²) < 4.78 is 10.0. The van der Waals surface area contributed by atoms with Crippen LogP contribution in [0.2, 0.25) is 0 Å². The van der Waals surface area contributed by atoms with Crippen LogP contribution in [0.25, 0.3) is 0 Å². The molecule has 0 saturated heterocycles. The van der Waals surface area contributed by atoms with Crippen LogP contribution in [-0.2, 0) is 14.3 Å². The third kappa shape index (κ3) is 7.89. The van der Waals surface area contributed by atoms with Gasteiger partial charge < -0.3 is 40.5 Å². The summed E-state index contributed by atoms with van der Waals surface area (Å²) in [5, 5.41) is 43.5. The molecule has 2 rings (SSSR count). The molecule has 0 saturated carbocycles. The van der Waals surface area contributed by atoms with Crippen LogP contribution >= 0.6 is 0 Å². The monoisotopic (exact) mass is 462 g/mol. The normalized spacial score (nSPS) is 10.4. The number of benzene rings is 2. The molecule has 1 amide bonds. The Morgan fingerprint density at radius 1 is 0.758 bits per heavy atom. The molecule has 0 bridgehead atoms. The summed E-state index contributed by atoms with van der Waals surface area (Å²) in [5.41, 5.74) is -0.202. The predicted octanol–water partition coefficient (Wildman–Crippen LogP) is 1.01. The third-order valence-corrected chi connectivity index (χ3v) is 4.39. The molecule has 0 spiro atoms. The predicted molar refractivity (Wildman–Crippen MR) is 115 cm³/mol. The van der Waals surface area contributed by atoms with Gasteiger partial charge in [0.2, 0.25) is 0 Å². The number of rotatable bonds is 12. The number of esters is 2. The molecule has 0 radical (unpaired) electrons. The first-order valence-electron chi connectivity index (χ1n) is 10.1. The van der Waals surface area contributed by atoms with E-state index < -0.39 is 40.8 Å². The number of phenols is 4. The maximum Gasteiger partial charge on any atom is 0.342 e. The van der Waals surface area contributed by atoms with E-state index in [2.05, 4.69) is 10.6 Å². The van der Waals surface area contributed by atoms with Crippen molar-refractivity contribution in [2.24, 2.45) is 0 Å². The van der Waals surface area contributed by atoms with E-state index in [9.17, 15) is 34.8 Å². The Bertz CT molecular complexity index is 978. The van der Waals surface area contributed by atoms with E-state index in [1.165, 1.54) is 36.4 Å². The summed E-state index contributed by atoms with van der Waals surface area (Å²) in [6, 6.07) is 8.03. The zero-order valence-corrected chi connectivity index (χ0v) is 17.7. The SMILES string of the molecule is O=C(CCCNC(=O)c1cccc(O)c1O)OCCNCCOC(=O)c1cccc(O)c1O. The number of carbonyl (C=O) groups excluding carboxylic acids is 3. The Morgan fingerprint density at radius 2 is 1.33 bits per heavy atom. The van der Waals surface area contributed by atoms with E-state index in [0.29, 0.717) is 13.0 Å². The number of hydrogen-bond donors (Lipinski definition) is 6. The van der Waals surface area contributed by atoms with Gasteiger partial charge in [0.1, 0.15) is 18.8 Å². The number of amides is 1. The van der Waals surface area contributed by atoms with Gasteiger partial charge in [-0.1, -0.05) is 12.1 Å². The lowest BCUT2D eigenvalue weighted by atomic mass is 10.1. The minimum absolute atomic E-state index is 0.0102. The Hall–Kier alpha value is -3.99. The van der Waals surface area contributed by atoms with Crippen molar-refractivity contribution in [1.29, 1.82) is 0 Å². The van der Waals surface area contributed by atoms with Crippen LogP contribution in [0, 0.1) is 0 Å². The summed E-state index contributed by atoms with van der Waals surface area (Å²) in [7, 11) is 0. The average Bonchev–Trinajstić information content (AvgIpc) is 2.79. The van der Waals surface area contributed by atoms with Gasteiger partial charge in [-0.15, -0.1) is 0 Å². The molecule has 0 unspecified atom stereocenters. The zero-order chi connectivity index (χ0) is 24.2. The lowest BCUT2D eigenvalue weighted by Gasteiger charge is -2.09. The molecule has 11 heteroatoms. The van der Waals surface area contributed by atoms with E-state index in [-0.39, 0.29) is 43.9 Å².